The van der Waals surface area contributed by atoms with Crippen molar-refractivity contribution in [3.63, 3.8) is 0 Å². The molecule has 1 fully saturated rings. The van der Waals surface area contributed by atoms with Gasteiger partial charge < -0.3 is 5.11 Å². The van der Waals surface area contributed by atoms with E-state index in [0.29, 0.717) is 11.8 Å². The van der Waals surface area contributed by atoms with Crippen LogP contribution in [0.15, 0.2) is 12.2 Å². The van der Waals surface area contributed by atoms with E-state index in [4.69, 9.17) is 0 Å². The minimum absolute atomic E-state index is 0.0818. The first-order valence-electron chi connectivity index (χ1n) is 3.96. The molecule has 0 aromatic rings. The second-order valence-corrected chi connectivity index (χ2v) is 3.46. The van der Waals surface area contributed by atoms with Crippen LogP contribution in [0.4, 0.5) is 0 Å². The van der Waals surface area contributed by atoms with Crippen LogP contribution in [0.1, 0.15) is 26.7 Å². The fraction of sp³-hybridized carbons (Fsp3) is 0.778. The van der Waals surface area contributed by atoms with Gasteiger partial charge in [-0.25, -0.2) is 0 Å². The molecule has 3 atom stereocenters. The molecule has 0 unspecified atom stereocenters. The van der Waals surface area contributed by atoms with Crippen molar-refractivity contribution in [2.45, 2.75) is 32.8 Å². The van der Waals surface area contributed by atoms with Gasteiger partial charge in [0.05, 0.1) is 6.10 Å². The van der Waals surface area contributed by atoms with Gasteiger partial charge in [-0.15, -0.1) is 0 Å². The zero-order chi connectivity index (χ0) is 7.72. The van der Waals surface area contributed by atoms with Crippen molar-refractivity contribution < 1.29 is 5.11 Å². The number of allylic oxidation sites excluding steroid dienone is 1. The van der Waals surface area contributed by atoms with E-state index in [-0.39, 0.29) is 6.10 Å². The second kappa shape index (κ2) is 2.75. The fourth-order valence-corrected chi connectivity index (χ4v) is 1.84. The second-order valence-electron chi connectivity index (χ2n) is 3.46. The van der Waals surface area contributed by atoms with E-state index in [1.54, 1.807) is 0 Å². The van der Waals surface area contributed by atoms with Gasteiger partial charge in [-0.1, -0.05) is 19.1 Å². The highest BCUT2D eigenvalue weighted by Gasteiger charge is 2.31. The Morgan fingerprint density at radius 3 is 2.30 bits per heavy atom. The van der Waals surface area contributed by atoms with Crippen molar-refractivity contribution in [1.29, 1.82) is 0 Å². The highest BCUT2D eigenvalue weighted by molar-refractivity contribution is 5.02. The van der Waals surface area contributed by atoms with Crippen molar-refractivity contribution in [2.75, 3.05) is 0 Å². The molecule has 10 heavy (non-hydrogen) atoms. The van der Waals surface area contributed by atoms with Gasteiger partial charge in [0, 0.05) is 0 Å². The maximum absolute atomic E-state index is 9.38. The maximum Gasteiger partial charge on any atom is 0.0571 e. The molecular formula is C9H16O. The van der Waals surface area contributed by atoms with Gasteiger partial charge in [-0.2, -0.15) is 0 Å². The van der Waals surface area contributed by atoms with E-state index in [9.17, 15) is 5.11 Å². The van der Waals surface area contributed by atoms with Gasteiger partial charge in [0.1, 0.15) is 0 Å². The van der Waals surface area contributed by atoms with Crippen molar-refractivity contribution in [3.8, 4) is 0 Å². The first kappa shape index (κ1) is 7.80. The Labute approximate surface area is 62.8 Å². The van der Waals surface area contributed by atoms with Gasteiger partial charge in [0.25, 0.3) is 0 Å². The van der Waals surface area contributed by atoms with Crippen LogP contribution in [0.25, 0.3) is 0 Å². The van der Waals surface area contributed by atoms with Crippen LogP contribution < -0.4 is 0 Å². The highest BCUT2D eigenvalue weighted by Crippen LogP contribution is 2.35. The van der Waals surface area contributed by atoms with E-state index >= 15 is 0 Å². The quantitative estimate of drug-likeness (QED) is 0.552. The monoisotopic (exact) mass is 140 g/mol. The summed E-state index contributed by atoms with van der Waals surface area (Å²) in [6.45, 7) is 8.07. The van der Waals surface area contributed by atoms with Crippen molar-refractivity contribution >= 4 is 0 Å². The minimum Gasteiger partial charge on any atom is -0.393 e. The average molecular weight is 140 g/mol. The third-order valence-electron chi connectivity index (χ3n) is 2.65. The lowest BCUT2D eigenvalue weighted by Crippen LogP contribution is -2.15. The zero-order valence-electron chi connectivity index (χ0n) is 6.80. The number of rotatable bonds is 1. The van der Waals surface area contributed by atoms with Gasteiger partial charge >= 0.3 is 0 Å². The molecule has 0 aromatic heterocycles. The van der Waals surface area contributed by atoms with E-state index in [2.05, 4.69) is 20.4 Å². The third-order valence-corrected chi connectivity index (χ3v) is 2.65. The molecule has 1 saturated carbocycles. The molecule has 1 nitrogen and oxygen atoms in total. The number of aliphatic hydroxyl groups excluding tert-OH is 1. The summed E-state index contributed by atoms with van der Waals surface area (Å²) in [6.07, 6.45) is 2.00. The van der Waals surface area contributed by atoms with Crippen LogP contribution in [-0.4, -0.2) is 11.2 Å². The summed E-state index contributed by atoms with van der Waals surface area (Å²) in [6, 6.07) is 0. The normalized spacial score (nSPS) is 40.1. The van der Waals surface area contributed by atoms with Crippen LogP contribution in [-0.2, 0) is 0 Å². The maximum atomic E-state index is 9.38. The predicted molar refractivity (Wildman–Crippen MR) is 42.7 cm³/mol. The van der Waals surface area contributed by atoms with E-state index < -0.39 is 0 Å². The summed E-state index contributed by atoms with van der Waals surface area (Å²) in [4.78, 5) is 0. The molecule has 1 aliphatic carbocycles. The van der Waals surface area contributed by atoms with Gasteiger partial charge in [0.15, 0.2) is 0 Å². The summed E-state index contributed by atoms with van der Waals surface area (Å²) < 4.78 is 0. The lowest BCUT2D eigenvalue weighted by molar-refractivity contribution is 0.132. The molecule has 0 aromatic carbocycles. The smallest absolute Gasteiger partial charge is 0.0571 e. The molecule has 58 valence electrons. The third kappa shape index (κ3) is 1.24. The fourth-order valence-electron chi connectivity index (χ4n) is 1.84. The summed E-state index contributed by atoms with van der Waals surface area (Å²) in [5, 5.41) is 9.38. The lowest BCUT2D eigenvalue weighted by Gasteiger charge is -2.16. The Kier molecular flexibility index (Phi) is 2.14. The Morgan fingerprint density at radius 1 is 1.50 bits per heavy atom. The van der Waals surface area contributed by atoms with Gasteiger partial charge in [-0.05, 0) is 31.6 Å². The predicted octanol–water partition coefficient (Wildman–Crippen LogP) is 1.97. The molecule has 0 aliphatic heterocycles. The van der Waals surface area contributed by atoms with Crippen molar-refractivity contribution in [2.24, 2.45) is 11.8 Å². The average Bonchev–Trinajstić information content (AvgIpc) is 2.14. The Hall–Kier alpha value is -0.300. The van der Waals surface area contributed by atoms with E-state index in [0.717, 1.165) is 12.8 Å². The summed E-state index contributed by atoms with van der Waals surface area (Å²) in [7, 11) is 0. The molecule has 0 bridgehead atoms. The first-order valence-corrected chi connectivity index (χ1v) is 3.96. The van der Waals surface area contributed by atoms with E-state index in [1.165, 1.54) is 5.57 Å². The molecule has 1 aliphatic rings. The topological polar surface area (TPSA) is 20.2 Å². The first-order chi connectivity index (χ1) is 4.63. The molecule has 1 N–H and O–H groups in total. The van der Waals surface area contributed by atoms with Crippen molar-refractivity contribution in [1.82, 2.24) is 0 Å². The van der Waals surface area contributed by atoms with Crippen LogP contribution in [0.3, 0.4) is 0 Å². The summed E-state index contributed by atoms with van der Waals surface area (Å²) in [5.41, 5.74) is 1.23. The summed E-state index contributed by atoms with van der Waals surface area (Å²) in [5.74, 6) is 0.993. The van der Waals surface area contributed by atoms with Crippen LogP contribution in [0.5, 0.6) is 0 Å². The molecule has 1 heteroatoms. The van der Waals surface area contributed by atoms with E-state index in [1.807, 2.05) is 0 Å². The number of hydrogen-bond donors (Lipinski definition) is 1. The standard InChI is InChI=1S/C9H16O/c1-6(2)8-4-5-9(10)7(8)3/h7-10H,1,4-5H2,2-3H3/t7-,8-,9-/m1/s1. The lowest BCUT2D eigenvalue weighted by atomic mass is 9.91. The number of aliphatic hydroxyl groups is 1. The Balaban J connectivity index is 2.57. The molecule has 0 amide bonds. The molecule has 0 spiro atoms. The van der Waals surface area contributed by atoms with Crippen LogP contribution >= 0.6 is 0 Å². The Morgan fingerprint density at radius 2 is 2.10 bits per heavy atom. The highest BCUT2D eigenvalue weighted by atomic mass is 16.3. The number of hydrogen-bond acceptors (Lipinski definition) is 1. The molecule has 0 saturated heterocycles. The van der Waals surface area contributed by atoms with Gasteiger partial charge in [-0.3, -0.25) is 0 Å². The van der Waals surface area contributed by atoms with Gasteiger partial charge in [0.2, 0.25) is 0 Å². The summed E-state index contributed by atoms with van der Waals surface area (Å²) >= 11 is 0. The minimum atomic E-state index is -0.0818. The SMILES string of the molecule is C=C(C)[C@H]1CC[C@@H](O)[C@@H]1C. The largest absolute Gasteiger partial charge is 0.393 e. The van der Waals surface area contributed by atoms with Crippen molar-refractivity contribution in [3.05, 3.63) is 12.2 Å². The van der Waals surface area contributed by atoms with Crippen LogP contribution in [0.2, 0.25) is 0 Å². The molecule has 1 rings (SSSR count). The zero-order valence-corrected chi connectivity index (χ0v) is 6.80. The molecule has 0 heterocycles. The van der Waals surface area contributed by atoms with Crippen LogP contribution in [0, 0.1) is 11.8 Å². The Bertz CT molecular complexity index is 140. The molecular weight excluding hydrogens is 124 g/mol. The molecule has 0 radical (unpaired) electrons.